The SMILES string of the molecule is CC1(NC(=O)OC(C)(C)C)CCC(=O)CC1. The smallest absolute Gasteiger partial charge is 0.408 e. The zero-order chi connectivity index (χ0) is 12.4. The predicted octanol–water partition coefficient (Wildman–Crippen LogP) is 2.41. The monoisotopic (exact) mass is 227 g/mol. The van der Waals surface area contributed by atoms with Crippen LogP contribution in [0, 0.1) is 0 Å². The van der Waals surface area contributed by atoms with Crippen LogP contribution < -0.4 is 5.32 Å². The number of hydrogen-bond donors (Lipinski definition) is 1. The number of alkyl carbamates (subject to hydrolysis) is 1. The van der Waals surface area contributed by atoms with Crippen molar-refractivity contribution in [3.63, 3.8) is 0 Å². The standard InChI is InChI=1S/C12H21NO3/c1-11(2,3)16-10(15)13-12(4)7-5-9(14)6-8-12/h5-8H2,1-4H3,(H,13,15). The highest BCUT2D eigenvalue weighted by Gasteiger charge is 2.32. The summed E-state index contributed by atoms with van der Waals surface area (Å²) in [5.41, 5.74) is -0.777. The van der Waals surface area contributed by atoms with E-state index in [0.29, 0.717) is 25.7 Å². The molecule has 16 heavy (non-hydrogen) atoms. The lowest BCUT2D eigenvalue weighted by molar-refractivity contribution is -0.121. The molecular formula is C12H21NO3. The minimum Gasteiger partial charge on any atom is -0.444 e. The maximum Gasteiger partial charge on any atom is 0.408 e. The number of ether oxygens (including phenoxy) is 1. The van der Waals surface area contributed by atoms with Crippen molar-refractivity contribution in [2.75, 3.05) is 0 Å². The summed E-state index contributed by atoms with van der Waals surface area (Å²) in [6, 6.07) is 0. The van der Waals surface area contributed by atoms with Gasteiger partial charge in [-0.15, -0.1) is 0 Å². The Morgan fingerprint density at radius 3 is 2.25 bits per heavy atom. The number of rotatable bonds is 1. The van der Waals surface area contributed by atoms with Crippen molar-refractivity contribution in [1.82, 2.24) is 5.32 Å². The van der Waals surface area contributed by atoms with Gasteiger partial charge in [-0.05, 0) is 40.5 Å². The largest absolute Gasteiger partial charge is 0.444 e. The average Bonchev–Trinajstić information content (AvgIpc) is 2.07. The summed E-state index contributed by atoms with van der Waals surface area (Å²) in [5.74, 6) is 0.281. The number of hydrogen-bond acceptors (Lipinski definition) is 3. The summed E-state index contributed by atoms with van der Waals surface area (Å²) < 4.78 is 5.20. The second-order valence-corrected chi connectivity index (χ2v) is 5.73. The van der Waals surface area contributed by atoms with E-state index >= 15 is 0 Å². The van der Waals surface area contributed by atoms with E-state index in [2.05, 4.69) is 5.32 Å². The van der Waals surface area contributed by atoms with Crippen molar-refractivity contribution < 1.29 is 14.3 Å². The van der Waals surface area contributed by atoms with E-state index in [4.69, 9.17) is 4.74 Å². The highest BCUT2D eigenvalue weighted by Crippen LogP contribution is 2.26. The van der Waals surface area contributed by atoms with Crippen LogP contribution in [0.15, 0.2) is 0 Å². The van der Waals surface area contributed by atoms with Gasteiger partial charge in [-0.3, -0.25) is 4.79 Å². The van der Waals surface area contributed by atoms with Crippen LogP contribution in [0.5, 0.6) is 0 Å². The van der Waals surface area contributed by atoms with E-state index in [1.165, 1.54) is 0 Å². The van der Waals surface area contributed by atoms with Gasteiger partial charge in [0.05, 0.1) is 0 Å². The molecule has 0 radical (unpaired) electrons. The van der Waals surface area contributed by atoms with Gasteiger partial charge in [-0.2, -0.15) is 0 Å². The minimum atomic E-state index is -0.481. The summed E-state index contributed by atoms with van der Waals surface area (Å²) in [7, 11) is 0. The molecular weight excluding hydrogens is 206 g/mol. The molecule has 1 aliphatic carbocycles. The number of carbonyl (C=O) groups excluding carboxylic acids is 2. The van der Waals surface area contributed by atoms with Crippen molar-refractivity contribution in [3.05, 3.63) is 0 Å². The molecule has 0 atom stereocenters. The van der Waals surface area contributed by atoms with Gasteiger partial charge in [-0.1, -0.05) is 0 Å². The van der Waals surface area contributed by atoms with Crippen LogP contribution in [0.4, 0.5) is 4.79 Å². The Morgan fingerprint density at radius 2 is 1.81 bits per heavy atom. The van der Waals surface area contributed by atoms with Gasteiger partial charge < -0.3 is 10.1 Å². The zero-order valence-corrected chi connectivity index (χ0v) is 10.6. The first-order chi connectivity index (χ1) is 7.20. The third kappa shape index (κ3) is 4.21. The van der Waals surface area contributed by atoms with Crippen LogP contribution in [0.2, 0.25) is 0 Å². The number of carbonyl (C=O) groups is 2. The molecule has 4 nitrogen and oxygen atoms in total. The van der Waals surface area contributed by atoms with Crippen LogP contribution in [0.25, 0.3) is 0 Å². The van der Waals surface area contributed by atoms with Gasteiger partial charge in [0.1, 0.15) is 11.4 Å². The maximum absolute atomic E-state index is 11.6. The van der Waals surface area contributed by atoms with Gasteiger partial charge in [0.25, 0.3) is 0 Å². The Kier molecular flexibility index (Phi) is 3.61. The first-order valence-electron chi connectivity index (χ1n) is 5.73. The van der Waals surface area contributed by atoms with Crippen molar-refractivity contribution in [3.8, 4) is 0 Å². The van der Waals surface area contributed by atoms with Crippen LogP contribution in [-0.4, -0.2) is 23.0 Å². The molecule has 0 aromatic rings. The highest BCUT2D eigenvalue weighted by atomic mass is 16.6. The summed E-state index contributed by atoms with van der Waals surface area (Å²) in [6.45, 7) is 7.46. The summed E-state index contributed by atoms with van der Waals surface area (Å²) in [5, 5.41) is 2.86. The molecule has 0 bridgehead atoms. The van der Waals surface area contributed by atoms with Crippen LogP contribution in [-0.2, 0) is 9.53 Å². The van der Waals surface area contributed by atoms with Gasteiger partial charge >= 0.3 is 6.09 Å². The fourth-order valence-corrected chi connectivity index (χ4v) is 1.76. The molecule has 1 rings (SSSR count). The van der Waals surface area contributed by atoms with E-state index in [1.807, 2.05) is 27.7 Å². The molecule has 1 aliphatic rings. The van der Waals surface area contributed by atoms with Crippen LogP contribution >= 0.6 is 0 Å². The maximum atomic E-state index is 11.6. The third-order valence-electron chi connectivity index (χ3n) is 2.71. The molecule has 0 spiro atoms. The minimum absolute atomic E-state index is 0.281. The number of nitrogens with one attached hydrogen (secondary N) is 1. The second-order valence-electron chi connectivity index (χ2n) is 5.73. The first-order valence-corrected chi connectivity index (χ1v) is 5.73. The topological polar surface area (TPSA) is 55.4 Å². The molecule has 0 aromatic carbocycles. The Labute approximate surface area is 96.7 Å². The van der Waals surface area contributed by atoms with E-state index in [1.54, 1.807) is 0 Å². The molecule has 4 heteroatoms. The molecule has 0 heterocycles. The van der Waals surface area contributed by atoms with Crippen LogP contribution in [0.3, 0.4) is 0 Å². The van der Waals surface area contributed by atoms with Gasteiger partial charge in [-0.25, -0.2) is 4.79 Å². The molecule has 0 aliphatic heterocycles. The molecule has 1 amide bonds. The van der Waals surface area contributed by atoms with Crippen molar-refractivity contribution in [2.24, 2.45) is 0 Å². The van der Waals surface area contributed by atoms with Crippen molar-refractivity contribution in [1.29, 1.82) is 0 Å². The third-order valence-corrected chi connectivity index (χ3v) is 2.71. The normalized spacial score (nSPS) is 20.4. The Bertz CT molecular complexity index is 281. The summed E-state index contributed by atoms with van der Waals surface area (Å²) in [6.07, 6.45) is 2.10. The lowest BCUT2D eigenvalue weighted by Crippen LogP contribution is -2.49. The second kappa shape index (κ2) is 4.44. The lowest BCUT2D eigenvalue weighted by Gasteiger charge is -2.34. The Balaban J connectivity index is 2.47. The lowest BCUT2D eigenvalue weighted by atomic mass is 9.83. The average molecular weight is 227 g/mol. The van der Waals surface area contributed by atoms with Crippen molar-refractivity contribution >= 4 is 11.9 Å². The number of ketones is 1. The number of amides is 1. The van der Waals surface area contributed by atoms with E-state index < -0.39 is 11.7 Å². The molecule has 1 N–H and O–H groups in total. The van der Waals surface area contributed by atoms with Gasteiger partial charge in [0, 0.05) is 18.4 Å². The Hall–Kier alpha value is -1.06. The molecule has 0 unspecified atom stereocenters. The molecule has 0 saturated heterocycles. The van der Waals surface area contributed by atoms with E-state index in [-0.39, 0.29) is 11.3 Å². The molecule has 0 aromatic heterocycles. The van der Waals surface area contributed by atoms with Gasteiger partial charge in [0.2, 0.25) is 0 Å². The quantitative estimate of drug-likeness (QED) is 0.748. The predicted molar refractivity (Wildman–Crippen MR) is 61.2 cm³/mol. The van der Waals surface area contributed by atoms with Crippen LogP contribution in [0.1, 0.15) is 53.4 Å². The van der Waals surface area contributed by atoms with Gasteiger partial charge in [0.15, 0.2) is 0 Å². The zero-order valence-electron chi connectivity index (χ0n) is 10.6. The molecule has 1 saturated carbocycles. The fourth-order valence-electron chi connectivity index (χ4n) is 1.76. The highest BCUT2D eigenvalue weighted by molar-refractivity contribution is 5.80. The fraction of sp³-hybridized carbons (Fsp3) is 0.833. The van der Waals surface area contributed by atoms with Crippen molar-refractivity contribution in [2.45, 2.75) is 64.5 Å². The van der Waals surface area contributed by atoms with E-state index in [0.717, 1.165) is 0 Å². The Morgan fingerprint density at radius 1 is 1.31 bits per heavy atom. The van der Waals surface area contributed by atoms with E-state index in [9.17, 15) is 9.59 Å². The molecule has 1 fully saturated rings. The summed E-state index contributed by atoms with van der Waals surface area (Å²) in [4.78, 5) is 22.7. The molecule has 92 valence electrons. The number of Topliss-reactive ketones (excluding diaryl/α,β-unsaturated/α-hetero) is 1. The summed E-state index contributed by atoms with van der Waals surface area (Å²) >= 11 is 0. The first kappa shape index (κ1) is 13.0.